The largest absolute Gasteiger partial charge is 0.451 e. The van der Waals surface area contributed by atoms with E-state index in [-0.39, 0.29) is 17.5 Å². The molecule has 26 heavy (non-hydrogen) atoms. The van der Waals surface area contributed by atoms with Crippen LogP contribution in [0.5, 0.6) is 0 Å². The monoisotopic (exact) mass is 349 g/mol. The summed E-state index contributed by atoms with van der Waals surface area (Å²) < 4.78 is 18.7. The molecule has 4 aromatic rings. The summed E-state index contributed by atoms with van der Waals surface area (Å²) in [4.78, 5) is 21.8. The van der Waals surface area contributed by atoms with Gasteiger partial charge in [-0.15, -0.1) is 0 Å². The summed E-state index contributed by atoms with van der Waals surface area (Å²) in [7, 11) is 1.69. The van der Waals surface area contributed by atoms with E-state index in [0.29, 0.717) is 23.7 Å². The van der Waals surface area contributed by atoms with Gasteiger partial charge in [0.25, 0.3) is 5.91 Å². The molecule has 2 aromatic carbocycles. The number of aromatic amines is 1. The van der Waals surface area contributed by atoms with Crippen LogP contribution in [0.4, 0.5) is 4.39 Å². The maximum Gasteiger partial charge on any atom is 0.289 e. The van der Waals surface area contributed by atoms with E-state index >= 15 is 0 Å². The van der Waals surface area contributed by atoms with Crippen molar-refractivity contribution in [3.8, 4) is 11.3 Å². The molecule has 0 bridgehead atoms. The highest BCUT2D eigenvalue weighted by Gasteiger charge is 2.18. The predicted molar refractivity (Wildman–Crippen MR) is 96.0 cm³/mol. The molecule has 6 heteroatoms. The number of halogens is 1. The molecule has 2 aromatic heterocycles. The third kappa shape index (κ3) is 3.09. The van der Waals surface area contributed by atoms with Crippen molar-refractivity contribution in [3.63, 3.8) is 0 Å². The fourth-order valence-corrected chi connectivity index (χ4v) is 2.79. The Balaban J connectivity index is 1.50. The van der Waals surface area contributed by atoms with Gasteiger partial charge in [0.1, 0.15) is 17.4 Å². The summed E-state index contributed by atoms with van der Waals surface area (Å²) in [5.41, 5.74) is 2.50. The number of furan rings is 1. The molecule has 0 aliphatic carbocycles. The zero-order valence-electron chi connectivity index (χ0n) is 14.1. The number of carbonyl (C=O) groups is 1. The number of H-pyrrole nitrogens is 1. The van der Waals surface area contributed by atoms with Gasteiger partial charge in [-0.25, -0.2) is 9.37 Å². The normalized spacial score (nSPS) is 11.0. The van der Waals surface area contributed by atoms with E-state index in [1.807, 2.05) is 24.3 Å². The standard InChI is InChI=1S/C20H16FN3O2/c1-24(12-19-22-15-4-2-3-5-16(15)23-19)20(25)18-11-10-17(26-18)13-6-8-14(21)9-7-13/h2-11H,12H2,1H3,(H,22,23). The third-order valence-corrected chi connectivity index (χ3v) is 4.12. The lowest BCUT2D eigenvalue weighted by atomic mass is 10.2. The summed E-state index contributed by atoms with van der Waals surface area (Å²) in [5, 5.41) is 0. The summed E-state index contributed by atoms with van der Waals surface area (Å²) in [6, 6.07) is 17.0. The molecule has 5 nitrogen and oxygen atoms in total. The summed E-state index contributed by atoms with van der Waals surface area (Å²) in [5.74, 6) is 0.877. The highest BCUT2D eigenvalue weighted by molar-refractivity contribution is 5.92. The predicted octanol–water partition coefficient (Wildman–Crippen LogP) is 4.23. The van der Waals surface area contributed by atoms with Crippen molar-refractivity contribution in [2.75, 3.05) is 7.05 Å². The lowest BCUT2D eigenvalue weighted by Crippen LogP contribution is -2.26. The zero-order chi connectivity index (χ0) is 18.1. The molecule has 4 rings (SSSR count). The van der Waals surface area contributed by atoms with Gasteiger partial charge in [0.2, 0.25) is 0 Å². The molecule has 0 radical (unpaired) electrons. The number of aromatic nitrogens is 2. The fourth-order valence-electron chi connectivity index (χ4n) is 2.79. The number of nitrogens with one attached hydrogen (secondary N) is 1. The Morgan fingerprint density at radius 1 is 1.12 bits per heavy atom. The van der Waals surface area contributed by atoms with Gasteiger partial charge in [-0.3, -0.25) is 4.79 Å². The Hall–Kier alpha value is -3.41. The van der Waals surface area contributed by atoms with E-state index in [9.17, 15) is 9.18 Å². The van der Waals surface area contributed by atoms with Gasteiger partial charge in [-0.05, 0) is 48.5 Å². The average Bonchev–Trinajstić information content (AvgIpc) is 3.28. The van der Waals surface area contributed by atoms with E-state index in [2.05, 4.69) is 9.97 Å². The van der Waals surface area contributed by atoms with Crippen molar-refractivity contribution >= 4 is 16.9 Å². The number of fused-ring (bicyclic) bond motifs is 1. The van der Waals surface area contributed by atoms with Gasteiger partial charge in [-0.2, -0.15) is 0 Å². The maximum absolute atomic E-state index is 13.0. The molecule has 0 aliphatic heterocycles. The number of imidazole rings is 1. The number of nitrogens with zero attached hydrogens (tertiary/aromatic N) is 2. The van der Waals surface area contributed by atoms with Crippen LogP contribution in [0.1, 0.15) is 16.4 Å². The van der Waals surface area contributed by atoms with Crippen LogP contribution in [0.2, 0.25) is 0 Å². The van der Waals surface area contributed by atoms with Crippen LogP contribution in [0, 0.1) is 5.82 Å². The van der Waals surface area contributed by atoms with Crippen molar-refractivity contribution in [3.05, 3.63) is 78.1 Å². The first-order valence-electron chi connectivity index (χ1n) is 8.15. The average molecular weight is 349 g/mol. The summed E-state index contributed by atoms with van der Waals surface area (Å²) in [6.07, 6.45) is 0. The first-order chi connectivity index (χ1) is 12.6. The minimum absolute atomic E-state index is 0.225. The first kappa shape index (κ1) is 16.1. The third-order valence-electron chi connectivity index (χ3n) is 4.12. The Bertz CT molecular complexity index is 1030. The lowest BCUT2D eigenvalue weighted by molar-refractivity contribution is 0.0751. The van der Waals surface area contributed by atoms with Crippen molar-refractivity contribution < 1.29 is 13.6 Å². The quantitative estimate of drug-likeness (QED) is 0.600. The van der Waals surface area contributed by atoms with Gasteiger partial charge in [-0.1, -0.05) is 12.1 Å². The SMILES string of the molecule is CN(Cc1nc2ccccc2[nH]1)C(=O)c1ccc(-c2ccc(F)cc2)o1. The molecule has 0 saturated carbocycles. The van der Waals surface area contributed by atoms with E-state index < -0.39 is 0 Å². The van der Waals surface area contributed by atoms with Crippen molar-refractivity contribution in [2.24, 2.45) is 0 Å². The molecule has 0 atom stereocenters. The van der Waals surface area contributed by atoms with Gasteiger partial charge >= 0.3 is 0 Å². The molecular weight excluding hydrogens is 333 g/mol. The number of amides is 1. The number of benzene rings is 2. The molecule has 0 spiro atoms. The van der Waals surface area contributed by atoms with Crippen molar-refractivity contribution in [1.82, 2.24) is 14.9 Å². The molecule has 2 heterocycles. The lowest BCUT2D eigenvalue weighted by Gasteiger charge is -2.13. The van der Waals surface area contributed by atoms with E-state index in [1.165, 1.54) is 17.0 Å². The van der Waals surface area contributed by atoms with Crippen LogP contribution in [0.15, 0.2) is 65.1 Å². The Kier molecular flexibility index (Phi) is 4.01. The van der Waals surface area contributed by atoms with Gasteiger partial charge in [0, 0.05) is 12.6 Å². The highest BCUT2D eigenvalue weighted by atomic mass is 19.1. The Labute approximate surface area is 149 Å². The number of para-hydroxylation sites is 2. The minimum atomic E-state index is -0.317. The second kappa shape index (κ2) is 6.48. The second-order valence-electron chi connectivity index (χ2n) is 6.03. The van der Waals surface area contributed by atoms with Crippen LogP contribution >= 0.6 is 0 Å². The number of carbonyl (C=O) groups excluding carboxylic acids is 1. The molecule has 1 N–H and O–H groups in total. The van der Waals surface area contributed by atoms with Crippen LogP contribution in [0.25, 0.3) is 22.4 Å². The van der Waals surface area contributed by atoms with Crippen molar-refractivity contribution in [2.45, 2.75) is 6.54 Å². The van der Waals surface area contributed by atoms with Crippen molar-refractivity contribution in [1.29, 1.82) is 0 Å². The second-order valence-corrected chi connectivity index (χ2v) is 6.03. The fraction of sp³-hybridized carbons (Fsp3) is 0.100. The summed E-state index contributed by atoms with van der Waals surface area (Å²) >= 11 is 0. The first-order valence-corrected chi connectivity index (χ1v) is 8.15. The smallest absolute Gasteiger partial charge is 0.289 e. The van der Waals surface area contributed by atoms with Gasteiger partial charge < -0.3 is 14.3 Å². The number of hydrogen-bond donors (Lipinski definition) is 1. The number of rotatable bonds is 4. The Morgan fingerprint density at radius 2 is 1.88 bits per heavy atom. The van der Waals surface area contributed by atoms with E-state index in [0.717, 1.165) is 11.0 Å². The summed E-state index contributed by atoms with van der Waals surface area (Å²) in [6.45, 7) is 0.333. The molecule has 1 amide bonds. The maximum atomic E-state index is 13.0. The van der Waals surface area contributed by atoms with E-state index in [1.54, 1.807) is 31.3 Å². The molecule has 0 fully saturated rings. The van der Waals surface area contributed by atoms with Crippen LogP contribution in [-0.2, 0) is 6.54 Å². The van der Waals surface area contributed by atoms with Gasteiger partial charge in [0.05, 0.1) is 17.6 Å². The molecule has 0 unspecified atom stereocenters. The van der Waals surface area contributed by atoms with E-state index in [4.69, 9.17) is 4.42 Å². The van der Waals surface area contributed by atoms with Crippen LogP contribution in [-0.4, -0.2) is 27.8 Å². The molecule has 130 valence electrons. The molecule has 0 aliphatic rings. The zero-order valence-corrected chi connectivity index (χ0v) is 14.1. The van der Waals surface area contributed by atoms with Crippen LogP contribution < -0.4 is 0 Å². The number of hydrogen-bond acceptors (Lipinski definition) is 3. The Morgan fingerprint density at radius 3 is 2.65 bits per heavy atom. The van der Waals surface area contributed by atoms with Crippen LogP contribution in [0.3, 0.4) is 0 Å². The van der Waals surface area contributed by atoms with Gasteiger partial charge in [0.15, 0.2) is 5.76 Å². The molecular formula is C20H16FN3O2. The highest BCUT2D eigenvalue weighted by Crippen LogP contribution is 2.23. The topological polar surface area (TPSA) is 62.1 Å². The molecule has 0 saturated heterocycles. The minimum Gasteiger partial charge on any atom is -0.451 e.